The molecular formula is C44H74N4. The lowest BCUT2D eigenvalue weighted by molar-refractivity contribution is 0.193. The minimum Gasteiger partial charge on any atom is -0.358 e. The summed E-state index contributed by atoms with van der Waals surface area (Å²) >= 11 is 0. The Bertz CT molecular complexity index is 1280. The molecule has 2 heterocycles. The first kappa shape index (κ1) is 41.7. The Hall–Kier alpha value is -2.43. The lowest BCUT2D eigenvalue weighted by Gasteiger charge is -2.28. The fourth-order valence-electron chi connectivity index (χ4n) is 7.20. The predicted molar refractivity (Wildman–Crippen MR) is 215 cm³/mol. The maximum Gasteiger partial charge on any atom is 0.0495 e. The van der Waals surface area contributed by atoms with Crippen LogP contribution in [0.3, 0.4) is 0 Å². The Morgan fingerprint density at radius 2 is 1.62 bits per heavy atom. The normalized spacial score (nSPS) is 17.3. The van der Waals surface area contributed by atoms with Crippen LogP contribution in [0.1, 0.15) is 142 Å². The van der Waals surface area contributed by atoms with Crippen LogP contribution in [-0.2, 0) is 6.42 Å². The minimum absolute atomic E-state index is 0.210. The molecule has 4 heteroatoms. The van der Waals surface area contributed by atoms with Gasteiger partial charge in [0.15, 0.2) is 0 Å². The van der Waals surface area contributed by atoms with Gasteiger partial charge in [0.25, 0.3) is 0 Å². The van der Waals surface area contributed by atoms with Crippen molar-refractivity contribution in [3.8, 4) is 11.3 Å². The molecule has 1 aromatic carbocycles. The topological polar surface area (TPSA) is 34.6 Å². The molecule has 1 saturated carbocycles. The van der Waals surface area contributed by atoms with E-state index in [1.807, 2.05) is 27.7 Å². The maximum absolute atomic E-state index is 4.86. The number of aromatic nitrogens is 1. The van der Waals surface area contributed by atoms with Crippen molar-refractivity contribution < 1.29 is 0 Å². The van der Waals surface area contributed by atoms with Gasteiger partial charge in [-0.3, -0.25) is 9.89 Å². The number of hydrogen-bond acceptors (Lipinski definition) is 3. The van der Waals surface area contributed by atoms with Gasteiger partial charge in [-0.2, -0.15) is 0 Å². The molecule has 1 unspecified atom stereocenters. The van der Waals surface area contributed by atoms with Crippen LogP contribution in [0.2, 0.25) is 0 Å². The summed E-state index contributed by atoms with van der Waals surface area (Å²) in [5, 5.41) is 0. The second-order valence-corrected chi connectivity index (χ2v) is 14.5. The van der Waals surface area contributed by atoms with E-state index in [0.717, 1.165) is 31.0 Å². The molecule has 1 aliphatic carbocycles. The van der Waals surface area contributed by atoms with Crippen molar-refractivity contribution in [1.82, 2.24) is 14.8 Å². The maximum atomic E-state index is 4.86. The molecule has 1 atom stereocenters. The number of likely N-dealkylation sites (tertiary alicyclic amines) is 1. The highest BCUT2D eigenvalue weighted by Crippen LogP contribution is 2.38. The highest BCUT2D eigenvalue weighted by Gasteiger charge is 2.28. The summed E-state index contributed by atoms with van der Waals surface area (Å²) in [6, 6.07) is 7.65. The summed E-state index contributed by atoms with van der Waals surface area (Å²) in [7, 11) is 0. The summed E-state index contributed by atoms with van der Waals surface area (Å²) in [6.07, 6.45) is 15.9. The summed E-state index contributed by atoms with van der Waals surface area (Å²) in [6.45, 7) is 36.5. The third-order valence-electron chi connectivity index (χ3n) is 10.6. The van der Waals surface area contributed by atoms with Crippen LogP contribution in [0, 0.1) is 32.1 Å². The van der Waals surface area contributed by atoms with Crippen LogP contribution in [-0.4, -0.2) is 59.8 Å². The molecule has 48 heavy (non-hydrogen) atoms. The second-order valence-electron chi connectivity index (χ2n) is 14.5. The number of H-pyrrole nitrogens is 1. The van der Waals surface area contributed by atoms with Crippen molar-refractivity contribution in [1.29, 1.82) is 0 Å². The van der Waals surface area contributed by atoms with Crippen molar-refractivity contribution in [2.75, 3.05) is 32.7 Å². The third kappa shape index (κ3) is 11.6. The highest BCUT2D eigenvalue weighted by atomic mass is 15.2. The molecule has 270 valence electrons. The molecule has 4 nitrogen and oxygen atoms in total. The molecule has 2 fully saturated rings. The zero-order valence-corrected chi connectivity index (χ0v) is 33.5. The second kappa shape index (κ2) is 20.9. The van der Waals surface area contributed by atoms with E-state index in [1.165, 1.54) is 116 Å². The Morgan fingerprint density at radius 1 is 1.00 bits per heavy atom. The molecule has 0 amide bonds. The van der Waals surface area contributed by atoms with E-state index in [2.05, 4.69) is 107 Å². The first-order valence-corrected chi connectivity index (χ1v) is 19.7. The van der Waals surface area contributed by atoms with Gasteiger partial charge in [0.1, 0.15) is 0 Å². The molecule has 1 aromatic heterocycles. The summed E-state index contributed by atoms with van der Waals surface area (Å²) < 4.78 is 0. The average Bonchev–Trinajstić information content (AvgIpc) is 3.64. The van der Waals surface area contributed by atoms with Crippen LogP contribution in [0.5, 0.6) is 0 Å². The van der Waals surface area contributed by atoms with Crippen LogP contribution in [0.4, 0.5) is 0 Å². The molecule has 0 radical (unpaired) electrons. The van der Waals surface area contributed by atoms with E-state index < -0.39 is 0 Å². The quantitative estimate of drug-likeness (QED) is 0.182. The lowest BCUT2D eigenvalue weighted by atomic mass is 9.81. The van der Waals surface area contributed by atoms with Gasteiger partial charge in [-0.15, -0.1) is 0 Å². The van der Waals surface area contributed by atoms with Crippen LogP contribution in [0.15, 0.2) is 41.0 Å². The number of aliphatic imine (C=N–C) groups is 1. The fourth-order valence-corrected chi connectivity index (χ4v) is 7.20. The largest absolute Gasteiger partial charge is 0.358 e. The third-order valence-corrected chi connectivity index (χ3v) is 10.6. The van der Waals surface area contributed by atoms with Crippen molar-refractivity contribution >= 4 is 12.3 Å². The minimum atomic E-state index is -0.210. The van der Waals surface area contributed by atoms with Gasteiger partial charge in [0.05, 0.1) is 0 Å². The lowest BCUT2D eigenvalue weighted by Crippen LogP contribution is -2.38. The number of aryl methyl sites for hydroxylation is 3. The van der Waals surface area contributed by atoms with E-state index in [-0.39, 0.29) is 5.41 Å². The van der Waals surface area contributed by atoms with Crippen LogP contribution >= 0.6 is 0 Å². The fraction of sp³-hybridized carbons (Fsp3) is 0.659. The molecular weight excluding hydrogens is 585 g/mol. The Morgan fingerprint density at radius 3 is 2.19 bits per heavy atom. The monoisotopic (exact) mass is 659 g/mol. The Labute approximate surface area is 297 Å². The molecule has 1 N–H and O–H groups in total. The van der Waals surface area contributed by atoms with Crippen molar-refractivity contribution in [3.05, 3.63) is 64.0 Å². The highest BCUT2D eigenvalue weighted by molar-refractivity contribution is 5.74. The first-order valence-electron chi connectivity index (χ1n) is 19.7. The standard InChI is InChI=1S/C40H62N4.2C2H6/c1-10-20-44(21-11-2)36-17-22-43(28-36)23-18-37-38(32(6)42-39(37)35-25-29(3)24-30(4)26-35)27-31(5)40(8,9)33(7)41-19-13-16-34-14-12-15-34;2*1-2/h19,24-27,34,36,42H,7,10-18,20-23,28H2,1-6,8-9H3;2*1-2H3/b31-27+,41-19?;;. The molecule has 0 spiro atoms. The van der Waals surface area contributed by atoms with Crippen LogP contribution < -0.4 is 0 Å². The van der Waals surface area contributed by atoms with E-state index in [9.17, 15) is 0 Å². The van der Waals surface area contributed by atoms with Gasteiger partial charge in [-0.25, -0.2) is 0 Å². The van der Waals surface area contributed by atoms with Gasteiger partial charge in [-0.1, -0.05) is 110 Å². The van der Waals surface area contributed by atoms with Crippen molar-refractivity contribution in [2.45, 2.75) is 147 Å². The number of nitrogens with one attached hydrogen (secondary N) is 1. The number of allylic oxidation sites excluding steroid dienone is 1. The van der Waals surface area contributed by atoms with Crippen LogP contribution in [0.25, 0.3) is 17.3 Å². The number of aromatic amines is 1. The molecule has 2 aromatic rings. The molecule has 1 aliphatic heterocycles. The number of hydrogen-bond donors (Lipinski definition) is 1. The summed E-state index contributed by atoms with van der Waals surface area (Å²) in [4.78, 5) is 14.2. The van der Waals surface area contributed by atoms with Gasteiger partial charge in [-0.05, 0) is 121 Å². The van der Waals surface area contributed by atoms with Gasteiger partial charge < -0.3 is 9.88 Å². The Kier molecular flexibility index (Phi) is 18.2. The van der Waals surface area contributed by atoms with E-state index in [0.29, 0.717) is 6.04 Å². The van der Waals surface area contributed by atoms with Crippen molar-refractivity contribution in [2.24, 2.45) is 16.3 Å². The SMILES string of the molecule is C=C(N=CCCC1CCC1)C(C)(C)/C(C)=C/c1c(C)[nH]c(-c2cc(C)cc(C)c2)c1CCN1CCC(N(CCC)CCC)C1.CC.CC. The van der Waals surface area contributed by atoms with E-state index in [4.69, 9.17) is 4.99 Å². The van der Waals surface area contributed by atoms with E-state index in [1.54, 1.807) is 0 Å². The zero-order chi connectivity index (χ0) is 35.9. The van der Waals surface area contributed by atoms with Gasteiger partial charge in [0.2, 0.25) is 0 Å². The molecule has 0 bridgehead atoms. The van der Waals surface area contributed by atoms with Gasteiger partial charge in [0, 0.05) is 47.8 Å². The number of rotatable bonds is 16. The smallest absolute Gasteiger partial charge is 0.0495 e. The Balaban J connectivity index is 0.00000193. The first-order chi connectivity index (χ1) is 23.0. The summed E-state index contributed by atoms with van der Waals surface area (Å²) in [5.41, 5.74) is 11.3. The average molecular weight is 659 g/mol. The number of benzene rings is 1. The molecule has 2 aliphatic rings. The molecule has 1 saturated heterocycles. The van der Waals surface area contributed by atoms with Crippen molar-refractivity contribution in [3.63, 3.8) is 0 Å². The summed E-state index contributed by atoms with van der Waals surface area (Å²) in [5.74, 6) is 0.920. The zero-order valence-electron chi connectivity index (χ0n) is 33.5. The molecule has 4 rings (SSSR count). The van der Waals surface area contributed by atoms with Gasteiger partial charge >= 0.3 is 0 Å². The predicted octanol–water partition coefficient (Wildman–Crippen LogP) is 12.0. The van der Waals surface area contributed by atoms with E-state index >= 15 is 0 Å². The number of nitrogens with zero attached hydrogens (tertiary/aromatic N) is 3.